The van der Waals surface area contributed by atoms with E-state index in [0.717, 1.165) is 22.7 Å². The van der Waals surface area contributed by atoms with Crippen LogP contribution >= 0.6 is 0 Å². The summed E-state index contributed by atoms with van der Waals surface area (Å²) in [5, 5.41) is 2.50. The number of hydrogen-bond donors (Lipinski definition) is 0. The van der Waals surface area contributed by atoms with Crippen LogP contribution in [-0.4, -0.2) is 4.57 Å². The van der Waals surface area contributed by atoms with E-state index in [9.17, 15) is 0 Å². The van der Waals surface area contributed by atoms with Gasteiger partial charge < -0.3 is 9.47 Å². The SMILES string of the molecule is CC1(C)c2ccccc2-c2ccc(-c3ccc(-c4ccc(-n5c6ccccc6c6cc(-c7ccc(N(c8ccccc8)c8ccccc8)cc7)ccc65)cc4)cc3)cc21. The van der Waals surface area contributed by atoms with E-state index >= 15 is 0 Å². The summed E-state index contributed by atoms with van der Waals surface area (Å²) in [7, 11) is 0. The topological polar surface area (TPSA) is 8.17 Å². The van der Waals surface area contributed by atoms with Crippen molar-refractivity contribution in [3.8, 4) is 50.2 Å². The van der Waals surface area contributed by atoms with Crippen molar-refractivity contribution in [2.75, 3.05) is 4.90 Å². The number of benzene rings is 9. The van der Waals surface area contributed by atoms with Gasteiger partial charge >= 0.3 is 0 Å². The van der Waals surface area contributed by atoms with E-state index in [1.165, 1.54) is 77.4 Å². The number of hydrogen-bond acceptors (Lipinski definition) is 1. The van der Waals surface area contributed by atoms with Crippen molar-refractivity contribution in [3.63, 3.8) is 0 Å². The van der Waals surface area contributed by atoms with Crippen molar-refractivity contribution >= 4 is 38.9 Å². The molecule has 9 aromatic carbocycles. The van der Waals surface area contributed by atoms with Crippen LogP contribution < -0.4 is 4.90 Å². The average Bonchev–Trinajstić information content (AvgIpc) is 3.75. The van der Waals surface area contributed by atoms with Gasteiger partial charge in [-0.05, 0) is 128 Å². The largest absolute Gasteiger partial charge is 0.311 e. The Bertz CT molecular complexity index is 3100. The van der Waals surface area contributed by atoms with E-state index in [4.69, 9.17) is 0 Å². The lowest BCUT2D eigenvalue weighted by Crippen LogP contribution is -2.14. The first-order valence-electron chi connectivity index (χ1n) is 20.5. The highest BCUT2D eigenvalue weighted by Crippen LogP contribution is 2.49. The van der Waals surface area contributed by atoms with Crippen molar-refractivity contribution in [2.24, 2.45) is 0 Å². The monoisotopic (exact) mass is 754 g/mol. The first kappa shape index (κ1) is 34.8. The number of fused-ring (bicyclic) bond motifs is 6. The number of anilines is 3. The maximum atomic E-state index is 2.40. The summed E-state index contributed by atoms with van der Waals surface area (Å²) < 4.78 is 2.40. The highest BCUT2D eigenvalue weighted by atomic mass is 15.1. The van der Waals surface area contributed by atoms with Gasteiger partial charge in [0.05, 0.1) is 11.0 Å². The van der Waals surface area contributed by atoms with Crippen molar-refractivity contribution in [1.29, 1.82) is 0 Å². The zero-order chi connectivity index (χ0) is 39.5. The first-order valence-corrected chi connectivity index (χ1v) is 20.5. The van der Waals surface area contributed by atoms with Gasteiger partial charge in [0, 0.05) is 38.9 Å². The van der Waals surface area contributed by atoms with E-state index in [0.29, 0.717) is 0 Å². The van der Waals surface area contributed by atoms with Crippen LogP contribution in [0.1, 0.15) is 25.0 Å². The Balaban J connectivity index is 0.884. The predicted molar refractivity (Wildman–Crippen MR) is 249 cm³/mol. The van der Waals surface area contributed by atoms with Crippen molar-refractivity contribution in [3.05, 3.63) is 230 Å². The average molecular weight is 755 g/mol. The molecule has 0 saturated carbocycles. The molecule has 1 aliphatic rings. The molecule has 1 heterocycles. The summed E-state index contributed by atoms with van der Waals surface area (Å²) >= 11 is 0. The Morgan fingerprint density at radius 3 is 1.47 bits per heavy atom. The van der Waals surface area contributed by atoms with Gasteiger partial charge in [-0.15, -0.1) is 0 Å². The zero-order valence-corrected chi connectivity index (χ0v) is 33.2. The first-order chi connectivity index (χ1) is 29.0. The number of rotatable bonds is 7. The molecule has 0 spiro atoms. The van der Waals surface area contributed by atoms with Gasteiger partial charge in [-0.25, -0.2) is 0 Å². The van der Waals surface area contributed by atoms with Gasteiger partial charge in [-0.1, -0.05) is 159 Å². The lowest BCUT2D eigenvalue weighted by molar-refractivity contribution is 0.660. The van der Waals surface area contributed by atoms with Crippen molar-refractivity contribution in [1.82, 2.24) is 4.57 Å². The molecule has 0 radical (unpaired) electrons. The number of nitrogens with zero attached hydrogens (tertiary/aromatic N) is 2. The Morgan fingerprint density at radius 2 is 0.797 bits per heavy atom. The molecule has 0 unspecified atom stereocenters. The van der Waals surface area contributed by atoms with E-state index in [1.54, 1.807) is 0 Å². The summed E-state index contributed by atoms with van der Waals surface area (Å²) in [5.74, 6) is 0. The molecule has 10 aromatic rings. The van der Waals surface area contributed by atoms with Crippen LogP contribution in [0.2, 0.25) is 0 Å². The molecule has 2 heteroatoms. The third-order valence-corrected chi connectivity index (χ3v) is 12.4. The third-order valence-electron chi connectivity index (χ3n) is 12.4. The fraction of sp³-hybridized carbons (Fsp3) is 0.0526. The Kier molecular flexibility index (Phi) is 8.20. The van der Waals surface area contributed by atoms with Crippen LogP contribution in [0.4, 0.5) is 17.1 Å². The van der Waals surface area contributed by atoms with Crippen LogP contribution in [0.15, 0.2) is 218 Å². The van der Waals surface area contributed by atoms with Gasteiger partial charge in [0.15, 0.2) is 0 Å². The molecule has 59 heavy (non-hydrogen) atoms. The lowest BCUT2D eigenvalue weighted by atomic mass is 9.81. The molecule has 11 rings (SSSR count). The molecule has 1 aromatic heterocycles. The summed E-state index contributed by atoms with van der Waals surface area (Å²) in [6, 6.07) is 79.6. The Labute approximate surface area is 345 Å². The smallest absolute Gasteiger partial charge is 0.0541 e. The van der Waals surface area contributed by atoms with Gasteiger partial charge in [0.1, 0.15) is 0 Å². The van der Waals surface area contributed by atoms with E-state index in [2.05, 4.69) is 242 Å². The van der Waals surface area contributed by atoms with Crippen LogP contribution in [-0.2, 0) is 5.41 Å². The minimum atomic E-state index is -0.0105. The van der Waals surface area contributed by atoms with Crippen LogP contribution in [0.25, 0.3) is 72.0 Å². The third kappa shape index (κ3) is 5.87. The summed E-state index contributed by atoms with van der Waals surface area (Å²) in [5.41, 5.74) is 19.8. The summed E-state index contributed by atoms with van der Waals surface area (Å²) in [4.78, 5) is 2.30. The minimum absolute atomic E-state index is 0.0105. The molecular weight excluding hydrogens is 713 g/mol. The number of aromatic nitrogens is 1. The molecule has 0 bridgehead atoms. The fourth-order valence-corrected chi connectivity index (χ4v) is 9.38. The predicted octanol–water partition coefficient (Wildman–Crippen LogP) is 15.6. The van der Waals surface area contributed by atoms with Gasteiger partial charge in [-0.3, -0.25) is 0 Å². The fourth-order valence-electron chi connectivity index (χ4n) is 9.38. The molecule has 0 aliphatic heterocycles. The zero-order valence-electron chi connectivity index (χ0n) is 33.2. The molecular formula is C57H42N2. The quantitative estimate of drug-likeness (QED) is 0.157. The molecule has 0 fully saturated rings. The molecule has 2 nitrogen and oxygen atoms in total. The molecule has 1 aliphatic carbocycles. The molecule has 0 atom stereocenters. The summed E-state index contributed by atoms with van der Waals surface area (Å²) in [6.07, 6.45) is 0. The molecule has 0 amide bonds. The van der Waals surface area contributed by atoms with E-state index in [1.807, 2.05) is 0 Å². The van der Waals surface area contributed by atoms with Crippen LogP contribution in [0, 0.1) is 0 Å². The van der Waals surface area contributed by atoms with Gasteiger partial charge in [0.2, 0.25) is 0 Å². The van der Waals surface area contributed by atoms with E-state index < -0.39 is 0 Å². The highest BCUT2D eigenvalue weighted by molar-refractivity contribution is 6.10. The Hall–Kier alpha value is -7.42. The van der Waals surface area contributed by atoms with Crippen LogP contribution in [0.5, 0.6) is 0 Å². The second-order valence-electron chi connectivity index (χ2n) is 16.2. The second-order valence-corrected chi connectivity index (χ2v) is 16.2. The minimum Gasteiger partial charge on any atom is -0.311 e. The summed E-state index contributed by atoms with van der Waals surface area (Å²) in [6.45, 7) is 4.69. The van der Waals surface area contributed by atoms with E-state index in [-0.39, 0.29) is 5.41 Å². The maximum Gasteiger partial charge on any atom is 0.0541 e. The van der Waals surface area contributed by atoms with Crippen molar-refractivity contribution < 1.29 is 0 Å². The maximum absolute atomic E-state index is 2.40. The van der Waals surface area contributed by atoms with Gasteiger partial charge in [-0.2, -0.15) is 0 Å². The molecule has 0 saturated heterocycles. The van der Waals surface area contributed by atoms with Crippen molar-refractivity contribution in [2.45, 2.75) is 19.3 Å². The highest BCUT2D eigenvalue weighted by Gasteiger charge is 2.35. The number of para-hydroxylation sites is 3. The molecule has 280 valence electrons. The Morgan fingerprint density at radius 1 is 0.339 bits per heavy atom. The van der Waals surface area contributed by atoms with Crippen LogP contribution in [0.3, 0.4) is 0 Å². The normalized spacial score (nSPS) is 12.7. The molecule has 0 N–H and O–H groups in total. The lowest BCUT2D eigenvalue weighted by Gasteiger charge is -2.25. The standard InChI is InChI=1S/C57H42N2/c1-57(2)53-19-11-9-17-49(53)50-35-29-44(38-54(50)57)41-23-21-39(22-24-41)40-25-33-48(34-26-40)59-55-20-12-10-18-51(55)52-37-43(30-36-56(52)59)42-27-31-47(32-28-42)58(45-13-5-3-6-14-45)46-15-7-4-8-16-46/h3-38H,1-2H3. The van der Waals surface area contributed by atoms with Gasteiger partial charge in [0.25, 0.3) is 0 Å². The second kappa shape index (κ2) is 13.9.